The van der Waals surface area contributed by atoms with Crippen LogP contribution in [0.4, 0.5) is 0 Å². The molecule has 152 valence electrons. The summed E-state index contributed by atoms with van der Waals surface area (Å²) in [5, 5.41) is 4.66. The maximum Gasteiger partial charge on any atom is 0.243 e. The third-order valence-corrected chi connectivity index (χ3v) is 7.33. The first-order chi connectivity index (χ1) is 13.9. The number of sulfonamides is 1. The third-order valence-electron chi connectivity index (χ3n) is 4.69. The zero-order chi connectivity index (χ0) is 20.4. The fraction of sp³-hybridized carbons (Fsp3) is 0.263. The Morgan fingerprint density at radius 3 is 2.48 bits per heavy atom. The second kappa shape index (κ2) is 8.53. The molecular formula is C19H18BrClN4O3S. The monoisotopic (exact) mass is 496 g/mol. The molecule has 0 spiro atoms. The lowest BCUT2D eigenvalue weighted by molar-refractivity contribution is 0.163. The second-order valence-corrected chi connectivity index (χ2v) is 9.95. The Labute approximate surface area is 182 Å². The normalized spacial score (nSPS) is 16.2. The predicted octanol–water partition coefficient (Wildman–Crippen LogP) is 3.66. The molecule has 1 fully saturated rings. The van der Waals surface area contributed by atoms with Gasteiger partial charge in [0.25, 0.3) is 0 Å². The van der Waals surface area contributed by atoms with Crippen molar-refractivity contribution in [3.05, 3.63) is 63.9 Å². The van der Waals surface area contributed by atoms with E-state index in [0.717, 1.165) is 10.0 Å². The number of hydrogen-bond acceptors (Lipinski definition) is 6. The van der Waals surface area contributed by atoms with Gasteiger partial charge in [0.05, 0.1) is 11.4 Å². The molecule has 0 amide bonds. The summed E-state index contributed by atoms with van der Waals surface area (Å²) in [6.07, 6.45) is 0. The van der Waals surface area contributed by atoms with E-state index in [4.69, 9.17) is 16.1 Å². The molecule has 0 unspecified atom stereocenters. The minimum atomic E-state index is -3.50. The molecule has 2 aromatic carbocycles. The van der Waals surface area contributed by atoms with E-state index in [9.17, 15) is 8.42 Å². The largest absolute Gasteiger partial charge is 0.338 e. The van der Waals surface area contributed by atoms with E-state index in [1.165, 1.54) is 4.31 Å². The van der Waals surface area contributed by atoms with Gasteiger partial charge >= 0.3 is 0 Å². The van der Waals surface area contributed by atoms with Gasteiger partial charge in [-0.05, 0) is 42.5 Å². The number of benzene rings is 2. The van der Waals surface area contributed by atoms with Gasteiger partial charge < -0.3 is 4.52 Å². The molecule has 0 saturated carbocycles. The highest BCUT2D eigenvalue weighted by atomic mass is 79.9. The van der Waals surface area contributed by atoms with Crippen molar-refractivity contribution in [3.63, 3.8) is 0 Å². The topological polar surface area (TPSA) is 79.5 Å². The van der Waals surface area contributed by atoms with Crippen LogP contribution in [0.3, 0.4) is 0 Å². The smallest absolute Gasteiger partial charge is 0.243 e. The van der Waals surface area contributed by atoms with Crippen LogP contribution in [0.1, 0.15) is 5.89 Å². The lowest BCUT2D eigenvalue weighted by atomic mass is 10.2. The first-order valence-electron chi connectivity index (χ1n) is 8.98. The molecule has 1 saturated heterocycles. The second-order valence-electron chi connectivity index (χ2n) is 6.66. The summed E-state index contributed by atoms with van der Waals surface area (Å²) in [5.74, 6) is 1.01. The zero-order valence-corrected chi connectivity index (χ0v) is 18.5. The van der Waals surface area contributed by atoms with Crippen molar-refractivity contribution in [2.24, 2.45) is 0 Å². The number of rotatable bonds is 5. The number of aromatic nitrogens is 2. The predicted molar refractivity (Wildman–Crippen MR) is 113 cm³/mol. The molecule has 4 rings (SSSR count). The van der Waals surface area contributed by atoms with Gasteiger partial charge in [0.1, 0.15) is 0 Å². The molecule has 29 heavy (non-hydrogen) atoms. The Kier molecular flexibility index (Phi) is 6.03. The van der Waals surface area contributed by atoms with Crippen LogP contribution in [0.25, 0.3) is 11.4 Å². The van der Waals surface area contributed by atoms with Gasteiger partial charge in [-0.2, -0.15) is 9.29 Å². The van der Waals surface area contributed by atoms with Crippen LogP contribution in [0.2, 0.25) is 5.02 Å². The average Bonchev–Trinajstić information content (AvgIpc) is 3.17. The Balaban J connectivity index is 1.37. The Morgan fingerprint density at radius 2 is 1.79 bits per heavy atom. The number of halogens is 2. The maximum atomic E-state index is 12.8. The first kappa shape index (κ1) is 20.5. The minimum Gasteiger partial charge on any atom is -0.338 e. The zero-order valence-electron chi connectivity index (χ0n) is 15.3. The molecular weight excluding hydrogens is 480 g/mol. The van der Waals surface area contributed by atoms with Gasteiger partial charge in [0.2, 0.25) is 21.7 Å². The van der Waals surface area contributed by atoms with Crippen LogP contribution in [-0.2, 0) is 16.6 Å². The third kappa shape index (κ3) is 4.70. The molecule has 10 heteroatoms. The van der Waals surface area contributed by atoms with Gasteiger partial charge in [-0.15, -0.1) is 0 Å². The maximum absolute atomic E-state index is 12.8. The van der Waals surface area contributed by atoms with Crippen LogP contribution in [0.15, 0.2) is 62.4 Å². The van der Waals surface area contributed by atoms with Crippen molar-refractivity contribution in [2.45, 2.75) is 11.4 Å². The van der Waals surface area contributed by atoms with Crippen molar-refractivity contribution >= 4 is 37.6 Å². The highest BCUT2D eigenvalue weighted by Crippen LogP contribution is 2.22. The fourth-order valence-corrected chi connectivity index (χ4v) is 5.28. The van der Waals surface area contributed by atoms with Gasteiger partial charge in [0.15, 0.2) is 0 Å². The molecule has 0 bridgehead atoms. The molecule has 0 aliphatic carbocycles. The molecule has 1 aliphatic rings. The van der Waals surface area contributed by atoms with E-state index in [1.807, 2.05) is 12.1 Å². The van der Waals surface area contributed by atoms with Gasteiger partial charge in [-0.1, -0.05) is 38.8 Å². The summed E-state index contributed by atoms with van der Waals surface area (Å²) >= 11 is 9.23. The summed E-state index contributed by atoms with van der Waals surface area (Å²) in [7, 11) is -3.50. The van der Waals surface area contributed by atoms with Crippen LogP contribution in [0, 0.1) is 0 Å². The van der Waals surface area contributed by atoms with Crippen LogP contribution < -0.4 is 0 Å². The lowest BCUT2D eigenvalue weighted by Gasteiger charge is -2.33. The quantitative estimate of drug-likeness (QED) is 0.535. The van der Waals surface area contributed by atoms with E-state index in [1.54, 1.807) is 36.4 Å². The molecule has 7 nitrogen and oxygen atoms in total. The Morgan fingerprint density at radius 1 is 1.07 bits per heavy atom. The van der Waals surface area contributed by atoms with Crippen molar-refractivity contribution in [3.8, 4) is 11.4 Å². The molecule has 3 aromatic rings. The van der Waals surface area contributed by atoms with Gasteiger partial charge in [-0.25, -0.2) is 8.42 Å². The molecule has 1 aromatic heterocycles. The van der Waals surface area contributed by atoms with Crippen molar-refractivity contribution in [1.82, 2.24) is 19.3 Å². The summed E-state index contributed by atoms with van der Waals surface area (Å²) in [4.78, 5) is 6.83. The molecule has 2 heterocycles. The summed E-state index contributed by atoms with van der Waals surface area (Å²) in [6.45, 7) is 2.48. The van der Waals surface area contributed by atoms with E-state index in [0.29, 0.717) is 54.4 Å². The standard InChI is InChI=1S/C19H18BrClN4O3S/c20-15-2-1-3-17(12-15)29(26,27)25-10-8-24(9-11-25)13-18-22-19(23-28-18)14-4-6-16(21)7-5-14/h1-7,12H,8-11,13H2. The van der Waals surface area contributed by atoms with E-state index in [-0.39, 0.29) is 0 Å². The number of hydrogen-bond donors (Lipinski definition) is 0. The molecule has 1 aliphatic heterocycles. The first-order valence-corrected chi connectivity index (χ1v) is 11.6. The lowest BCUT2D eigenvalue weighted by Crippen LogP contribution is -2.48. The van der Waals surface area contributed by atoms with Gasteiger partial charge in [-0.3, -0.25) is 4.90 Å². The average molecular weight is 498 g/mol. The number of piperazine rings is 1. The SMILES string of the molecule is O=S(=O)(c1cccc(Br)c1)N1CCN(Cc2nc(-c3ccc(Cl)cc3)no2)CC1. The number of nitrogens with zero attached hydrogens (tertiary/aromatic N) is 4. The minimum absolute atomic E-state index is 0.296. The molecule has 0 N–H and O–H groups in total. The fourth-order valence-electron chi connectivity index (χ4n) is 3.13. The van der Waals surface area contributed by atoms with E-state index < -0.39 is 10.0 Å². The van der Waals surface area contributed by atoms with Crippen LogP contribution >= 0.6 is 27.5 Å². The summed E-state index contributed by atoms with van der Waals surface area (Å²) < 4.78 is 33.3. The molecule has 0 atom stereocenters. The Hall–Kier alpha value is -1.78. The van der Waals surface area contributed by atoms with Crippen molar-refractivity contribution in [1.29, 1.82) is 0 Å². The summed E-state index contributed by atoms with van der Waals surface area (Å²) in [5.41, 5.74) is 0.828. The Bertz CT molecular complexity index is 1100. The van der Waals surface area contributed by atoms with Gasteiger partial charge in [0, 0.05) is 41.2 Å². The molecule has 0 radical (unpaired) electrons. The van der Waals surface area contributed by atoms with E-state index in [2.05, 4.69) is 31.0 Å². The highest BCUT2D eigenvalue weighted by Gasteiger charge is 2.29. The van der Waals surface area contributed by atoms with Crippen molar-refractivity contribution < 1.29 is 12.9 Å². The van der Waals surface area contributed by atoms with Crippen LogP contribution in [-0.4, -0.2) is 53.9 Å². The summed E-state index contributed by atoms with van der Waals surface area (Å²) in [6, 6.07) is 14.0. The van der Waals surface area contributed by atoms with E-state index >= 15 is 0 Å². The van der Waals surface area contributed by atoms with Crippen LogP contribution in [0.5, 0.6) is 0 Å². The highest BCUT2D eigenvalue weighted by molar-refractivity contribution is 9.10. The van der Waals surface area contributed by atoms with Crippen molar-refractivity contribution in [2.75, 3.05) is 26.2 Å².